The zero-order chi connectivity index (χ0) is 22.5. The van der Waals surface area contributed by atoms with Crippen LogP contribution in [0.1, 0.15) is 26.5 Å². The number of nitrogens with zero attached hydrogens (tertiary/aromatic N) is 4. The molecule has 0 saturated carbocycles. The highest BCUT2D eigenvalue weighted by Gasteiger charge is 2.38. The first-order valence-electron chi connectivity index (χ1n) is 9.77. The molecule has 166 valence electrons. The van der Waals surface area contributed by atoms with Gasteiger partial charge >= 0.3 is 12.1 Å². The molecule has 31 heavy (non-hydrogen) atoms. The number of urea groups is 1. The Morgan fingerprint density at radius 2 is 1.94 bits per heavy atom. The number of halogens is 3. The molecule has 2 aliphatic rings. The highest BCUT2D eigenvalue weighted by atomic mass is 19.2. The van der Waals surface area contributed by atoms with Crippen LogP contribution in [0.25, 0.3) is 0 Å². The van der Waals surface area contributed by atoms with Crippen LogP contribution >= 0.6 is 0 Å². The summed E-state index contributed by atoms with van der Waals surface area (Å²) in [7, 11) is 0. The van der Waals surface area contributed by atoms with Gasteiger partial charge in [-0.05, 0) is 6.92 Å². The number of carbonyl (C=O) groups excluding carboxylic acids is 2. The smallest absolute Gasteiger partial charge is 0.414 e. The lowest BCUT2D eigenvalue weighted by Gasteiger charge is -2.38. The molecule has 3 heterocycles. The van der Waals surface area contributed by atoms with E-state index in [-0.39, 0.29) is 23.7 Å². The highest BCUT2D eigenvalue weighted by Crippen LogP contribution is 2.33. The van der Waals surface area contributed by atoms with E-state index < -0.39 is 29.6 Å². The average molecular weight is 437 g/mol. The van der Waals surface area contributed by atoms with Crippen molar-refractivity contribution in [2.45, 2.75) is 39.9 Å². The van der Waals surface area contributed by atoms with Crippen molar-refractivity contribution in [3.05, 3.63) is 41.5 Å². The first kappa shape index (κ1) is 21.0. The summed E-state index contributed by atoms with van der Waals surface area (Å²) >= 11 is 0. The van der Waals surface area contributed by atoms with Crippen molar-refractivity contribution < 1.29 is 27.5 Å². The van der Waals surface area contributed by atoms with Gasteiger partial charge in [0.15, 0.2) is 17.5 Å². The standard InChI is InChI=1S/C20H22F3N5O3/c1-11-7-28-16(15(6-24-28)27-9-20(2,3)10-31-19(27)30)8-26(11)18(29)25-12-4-13(21)17(23)14(22)5-12/h4-6,11H,7-10H2,1-3H3,(H,25,29)/t11-/m0/s1. The van der Waals surface area contributed by atoms with E-state index in [9.17, 15) is 22.8 Å². The lowest BCUT2D eigenvalue weighted by atomic mass is 9.93. The molecule has 0 aliphatic carbocycles. The van der Waals surface area contributed by atoms with Crippen LogP contribution in [0.4, 0.5) is 34.1 Å². The zero-order valence-electron chi connectivity index (χ0n) is 17.3. The number of carbonyl (C=O) groups is 2. The molecular weight excluding hydrogens is 415 g/mol. The minimum Gasteiger partial charge on any atom is -0.449 e. The maximum atomic E-state index is 13.5. The van der Waals surface area contributed by atoms with Crippen LogP contribution in [-0.2, 0) is 17.8 Å². The van der Waals surface area contributed by atoms with Gasteiger partial charge in [0, 0.05) is 29.8 Å². The molecule has 8 nitrogen and oxygen atoms in total. The number of hydrogen-bond donors (Lipinski definition) is 1. The Balaban J connectivity index is 1.57. The number of rotatable bonds is 2. The van der Waals surface area contributed by atoms with Crippen molar-refractivity contribution in [2.24, 2.45) is 5.41 Å². The lowest BCUT2D eigenvalue weighted by molar-refractivity contribution is 0.0820. The maximum Gasteiger partial charge on any atom is 0.414 e. The molecule has 1 fully saturated rings. The zero-order valence-corrected chi connectivity index (χ0v) is 17.3. The fourth-order valence-electron chi connectivity index (χ4n) is 3.76. The van der Waals surface area contributed by atoms with Crippen LogP contribution in [0.3, 0.4) is 0 Å². The third-order valence-electron chi connectivity index (χ3n) is 5.40. The second kappa shape index (κ2) is 7.47. The van der Waals surface area contributed by atoms with Crippen molar-refractivity contribution >= 4 is 23.5 Å². The number of ether oxygens (including phenoxy) is 1. The van der Waals surface area contributed by atoms with Crippen LogP contribution in [0.15, 0.2) is 18.3 Å². The summed E-state index contributed by atoms with van der Waals surface area (Å²) in [5.74, 6) is -4.39. The van der Waals surface area contributed by atoms with E-state index in [0.717, 1.165) is 0 Å². The number of benzene rings is 1. The predicted octanol–water partition coefficient (Wildman–Crippen LogP) is 3.72. The minimum atomic E-state index is -1.60. The van der Waals surface area contributed by atoms with Crippen LogP contribution in [0, 0.1) is 22.9 Å². The fourth-order valence-corrected chi connectivity index (χ4v) is 3.76. The normalized spacial score (nSPS) is 20.3. The number of fused-ring (bicyclic) bond motifs is 1. The van der Waals surface area contributed by atoms with E-state index in [2.05, 4.69) is 10.4 Å². The van der Waals surface area contributed by atoms with Gasteiger partial charge in [-0.1, -0.05) is 13.8 Å². The lowest BCUT2D eigenvalue weighted by Crippen LogP contribution is -2.49. The molecule has 2 aliphatic heterocycles. The summed E-state index contributed by atoms with van der Waals surface area (Å²) in [5.41, 5.74) is 0.730. The highest BCUT2D eigenvalue weighted by molar-refractivity contribution is 5.91. The van der Waals surface area contributed by atoms with Gasteiger partial charge < -0.3 is 15.0 Å². The summed E-state index contributed by atoms with van der Waals surface area (Å²) in [6.45, 7) is 6.97. The van der Waals surface area contributed by atoms with Gasteiger partial charge in [0.1, 0.15) is 0 Å². The number of anilines is 2. The van der Waals surface area contributed by atoms with E-state index in [1.165, 1.54) is 9.80 Å². The van der Waals surface area contributed by atoms with E-state index in [1.807, 2.05) is 13.8 Å². The number of hydrogen-bond acceptors (Lipinski definition) is 4. The Morgan fingerprint density at radius 1 is 1.26 bits per heavy atom. The van der Waals surface area contributed by atoms with Gasteiger partial charge in [0.05, 0.1) is 43.3 Å². The molecule has 1 aromatic heterocycles. The van der Waals surface area contributed by atoms with Gasteiger partial charge in [0.2, 0.25) is 0 Å². The third kappa shape index (κ3) is 3.91. The summed E-state index contributed by atoms with van der Waals surface area (Å²) in [4.78, 5) is 28.1. The molecule has 1 atom stereocenters. The Bertz CT molecular complexity index is 1030. The molecule has 3 amide bonds. The number of amides is 3. The molecule has 1 N–H and O–H groups in total. The molecule has 1 aromatic carbocycles. The van der Waals surface area contributed by atoms with Gasteiger partial charge in [-0.25, -0.2) is 22.8 Å². The van der Waals surface area contributed by atoms with Crippen molar-refractivity contribution in [2.75, 3.05) is 23.4 Å². The molecule has 0 radical (unpaired) electrons. The summed E-state index contributed by atoms with van der Waals surface area (Å²) in [6, 6.07) is 0.525. The Morgan fingerprint density at radius 3 is 2.61 bits per heavy atom. The second-order valence-corrected chi connectivity index (χ2v) is 8.62. The number of cyclic esters (lactones) is 1. The molecular formula is C20H22F3N5O3. The molecule has 0 bridgehead atoms. The van der Waals surface area contributed by atoms with Crippen LogP contribution in [0.5, 0.6) is 0 Å². The molecule has 4 rings (SSSR count). The topological polar surface area (TPSA) is 79.7 Å². The Hall–Kier alpha value is -3.24. The molecule has 2 aromatic rings. The Kier molecular flexibility index (Phi) is 5.06. The SMILES string of the molecule is C[C@H]1Cn2ncc(N3CC(C)(C)COC3=O)c2CN1C(=O)Nc1cc(F)c(F)c(F)c1. The second-order valence-electron chi connectivity index (χ2n) is 8.62. The number of nitrogens with one attached hydrogen (secondary N) is 1. The Labute approximate surface area is 176 Å². The van der Waals surface area contributed by atoms with Crippen molar-refractivity contribution in [1.29, 1.82) is 0 Å². The van der Waals surface area contributed by atoms with E-state index in [0.29, 0.717) is 43.2 Å². The van der Waals surface area contributed by atoms with Crippen molar-refractivity contribution in [3.63, 3.8) is 0 Å². The van der Waals surface area contributed by atoms with Crippen molar-refractivity contribution in [3.8, 4) is 0 Å². The van der Waals surface area contributed by atoms with Gasteiger partial charge in [-0.3, -0.25) is 9.58 Å². The summed E-state index contributed by atoms with van der Waals surface area (Å²) < 4.78 is 47.1. The average Bonchev–Trinajstić information content (AvgIpc) is 3.09. The predicted molar refractivity (Wildman–Crippen MR) is 105 cm³/mol. The van der Waals surface area contributed by atoms with Crippen LogP contribution in [-0.4, -0.2) is 46.0 Å². The van der Waals surface area contributed by atoms with E-state index in [1.54, 1.807) is 17.8 Å². The molecule has 1 saturated heterocycles. The summed E-state index contributed by atoms with van der Waals surface area (Å²) in [5, 5.41) is 6.74. The monoisotopic (exact) mass is 437 g/mol. The van der Waals surface area contributed by atoms with Crippen LogP contribution in [0.2, 0.25) is 0 Å². The molecule has 0 spiro atoms. The number of aromatic nitrogens is 2. The molecule has 11 heteroatoms. The summed E-state index contributed by atoms with van der Waals surface area (Å²) in [6.07, 6.45) is 1.08. The quantitative estimate of drug-likeness (QED) is 0.727. The first-order chi connectivity index (χ1) is 14.6. The van der Waals surface area contributed by atoms with Gasteiger partial charge in [0.25, 0.3) is 0 Å². The van der Waals surface area contributed by atoms with E-state index in [4.69, 9.17) is 4.74 Å². The fraction of sp³-hybridized carbons (Fsp3) is 0.450. The third-order valence-corrected chi connectivity index (χ3v) is 5.40. The maximum absolute atomic E-state index is 13.5. The van der Waals surface area contributed by atoms with Gasteiger partial charge in [-0.2, -0.15) is 5.10 Å². The minimum absolute atomic E-state index is 0.110. The van der Waals surface area contributed by atoms with Crippen LogP contribution < -0.4 is 10.2 Å². The molecule has 0 unspecified atom stereocenters. The van der Waals surface area contributed by atoms with Crippen molar-refractivity contribution in [1.82, 2.24) is 14.7 Å². The van der Waals surface area contributed by atoms with Gasteiger partial charge in [-0.15, -0.1) is 0 Å². The largest absolute Gasteiger partial charge is 0.449 e. The van der Waals surface area contributed by atoms with E-state index >= 15 is 0 Å². The first-order valence-corrected chi connectivity index (χ1v) is 9.77.